The molecular formula is C14H24N2O3. The number of nitrogens with zero attached hydrogens (tertiary/aromatic N) is 1. The molecule has 0 aromatic carbocycles. The summed E-state index contributed by atoms with van der Waals surface area (Å²) in [4.78, 5) is 24.9. The molecule has 0 aromatic heterocycles. The van der Waals surface area contributed by atoms with Crippen molar-refractivity contribution in [3.05, 3.63) is 12.7 Å². The Labute approximate surface area is 114 Å². The van der Waals surface area contributed by atoms with Gasteiger partial charge in [0, 0.05) is 13.6 Å². The Morgan fingerprint density at radius 1 is 1.37 bits per heavy atom. The van der Waals surface area contributed by atoms with E-state index >= 15 is 0 Å². The summed E-state index contributed by atoms with van der Waals surface area (Å²) in [6, 6.07) is 0. The highest BCUT2D eigenvalue weighted by Gasteiger charge is 2.40. The molecule has 0 atom stereocenters. The lowest BCUT2D eigenvalue weighted by molar-refractivity contribution is -0.145. The quantitative estimate of drug-likeness (QED) is 0.541. The van der Waals surface area contributed by atoms with Crippen molar-refractivity contribution in [1.29, 1.82) is 0 Å². The minimum absolute atomic E-state index is 0.0384. The zero-order valence-electron chi connectivity index (χ0n) is 11.7. The lowest BCUT2D eigenvalue weighted by Gasteiger charge is -2.44. The van der Waals surface area contributed by atoms with Crippen LogP contribution in [0.1, 0.15) is 38.5 Å². The third kappa shape index (κ3) is 4.35. The molecule has 1 saturated carbocycles. The van der Waals surface area contributed by atoms with E-state index in [9.17, 15) is 9.59 Å². The van der Waals surface area contributed by atoms with Crippen molar-refractivity contribution >= 4 is 11.9 Å². The van der Waals surface area contributed by atoms with Crippen molar-refractivity contribution in [2.24, 2.45) is 0 Å². The number of hydrogen-bond donors (Lipinski definition) is 2. The van der Waals surface area contributed by atoms with Crippen LogP contribution in [-0.2, 0) is 9.59 Å². The van der Waals surface area contributed by atoms with E-state index in [4.69, 9.17) is 5.11 Å². The van der Waals surface area contributed by atoms with Crippen LogP contribution in [0.15, 0.2) is 12.7 Å². The monoisotopic (exact) mass is 268 g/mol. The minimum Gasteiger partial charge on any atom is -0.481 e. The van der Waals surface area contributed by atoms with Gasteiger partial charge < -0.3 is 15.3 Å². The van der Waals surface area contributed by atoms with Gasteiger partial charge in [-0.3, -0.25) is 9.59 Å². The Bertz CT molecular complexity index is 336. The topological polar surface area (TPSA) is 69.6 Å². The third-order valence-electron chi connectivity index (χ3n) is 3.92. The number of carbonyl (C=O) groups is 2. The highest BCUT2D eigenvalue weighted by Crippen LogP contribution is 2.35. The average Bonchev–Trinajstić information content (AvgIpc) is 2.38. The lowest BCUT2D eigenvalue weighted by Crippen LogP contribution is -2.54. The second-order valence-corrected chi connectivity index (χ2v) is 5.23. The van der Waals surface area contributed by atoms with E-state index in [1.165, 1.54) is 0 Å². The van der Waals surface area contributed by atoms with Gasteiger partial charge in [-0.05, 0) is 12.8 Å². The van der Waals surface area contributed by atoms with Crippen LogP contribution in [0.4, 0.5) is 0 Å². The van der Waals surface area contributed by atoms with E-state index in [2.05, 4.69) is 11.9 Å². The SMILES string of the molecule is C=CCNCC(=O)N(C)C1(CC(=O)O)CCCCC1. The fourth-order valence-corrected chi connectivity index (χ4v) is 2.79. The van der Waals surface area contributed by atoms with Crippen LogP contribution in [0.3, 0.4) is 0 Å². The summed E-state index contributed by atoms with van der Waals surface area (Å²) in [5.41, 5.74) is -0.503. The minimum atomic E-state index is -0.833. The van der Waals surface area contributed by atoms with Gasteiger partial charge in [0.1, 0.15) is 0 Å². The molecule has 1 rings (SSSR count). The molecule has 0 heterocycles. The normalized spacial score (nSPS) is 17.7. The van der Waals surface area contributed by atoms with Gasteiger partial charge >= 0.3 is 5.97 Å². The number of carbonyl (C=O) groups excluding carboxylic acids is 1. The lowest BCUT2D eigenvalue weighted by atomic mass is 9.78. The molecule has 5 nitrogen and oxygen atoms in total. The van der Waals surface area contributed by atoms with Crippen LogP contribution < -0.4 is 5.32 Å². The van der Waals surface area contributed by atoms with Gasteiger partial charge in [0.2, 0.25) is 5.91 Å². The average molecular weight is 268 g/mol. The van der Waals surface area contributed by atoms with Crippen molar-refractivity contribution in [2.45, 2.75) is 44.1 Å². The zero-order valence-corrected chi connectivity index (χ0v) is 11.7. The fraction of sp³-hybridized carbons (Fsp3) is 0.714. The van der Waals surface area contributed by atoms with Gasteiger partial charge in [-0.15, -0.1) is 6.58 Å². The van der Waals surface area contributed by atoms with Crippen molar-refractivity contribution in [3.8, 4) is 0 Å². The summed E-state index contributed by atoms with van der Waals surface area (Å²) < 4.78 is 0. The highest BCUT2D eigenvalue weighted by molar-refractivity contribution is 5.80. The summed E-state index contributed by atoms with van der Waals surface area (Å²) in [6.45, 7) is 4.38. The smallest absolute Gasteiger partial charge is 0.305 e. The number of aliphatic carboxylic acids is 1. The molecule has 1 amide bonds. The van der Waals surface area contributed by atoms with Gasteiger partial charge in [-0.2, -0.15) is 0 Å². The molecule has 0 aliphatic heterocycles. The van der Waals surface area contributed by atoms with Crippen molar-refractivity contribution < 1.29 is 14.7 Å². The number of amides is 1. The summed E-state index contributed by atoms with van der Waals surface area (Å²) >= 11 is 0. The maximum atomic E-state index is 12.1. The molecule has 0 spiro atoms. The van der Waals surface area contributed by atoms with Gasteiger partial charge in [-0.25, -0.2) is 0 Å². The van der Waals surface area contributed by atoms with Gasteiger partial charge in [-0.1, -0.05) is 25.3 Å². The maximum Gasteiger partial charge on any atom is 0.305 e. The Morgan fingerprint density at radius 3 is 2.53 bits per heavy atom. The first-order valence-electron chi connectivity index (χ1n) is 6.82. The molecule has 0 bridgehead atoms. The molecule has 5 heteroatoms. The molecule has 108 valence electrons. The molecule has 1 aliphatic rings. The van der Waals surface area contributed by atoms with Crippen LogP contribution >= 0.6 is 0 Å². The summed E-state index contributed by atoms with van der Waals surface area (Å²) in [6.07, 6.45) is 6.40. The Hall–Kier alpha value is -1.36. The highest BCUT2D eigenvalue weighted by atomic mass is 16.4. The summed E-state index contributed by atoms with van der Waals surface area (Å²) in [7, 11) is 1.73. The Morgan fingerprint density at radius 2 is 2.00 bits per heavy atom. The van der Waals surface area contributed by atoms with Crippen LogP contribution in [0, 0.1) is 0 Å². The second-order valence-electron chi connectivity index (χ2n) is 5.23. The number of likely N-dealkylation sites (N-methyl/N-ethyl adjacent to an activating group) is 1. The largest absolute Gasteiger partial charge is 0.481 e. The summed E-state index contributed by atoms with van der Waals surface area (Å²) in [5, 5.41) is 12.1. The van der Waals surface area contributed by atoms with Gasteiger partial charge in [0.15, 0.2) is 0 Å². The van der Waals surface area contributed by atoms with Crippen LogP contribution in [0.2, 0.25) is 0 Å². The number of carboxylic acids is 1. The van der Waals surface area contributed by atoms with E-state index in [1.807, 2.05) is 0 Å². The molecular weight excluding hydrogens is 244 g/mol. The first-order chi connectivity index (χ1) is 9.02. The first kappa shape index (κ1) is 15.7. The predicted molar refractivity (Wildman–Crippen MR) is 73.9 cm³/mol. The zero-order chi connectivity index (χ0) is 14.3. The third-order valence-corrected chi connectivity index (χ3v) is 3.92. The molecule has 1 fully saturated rings. The second kappa shape index (κ2) is 7.28. The number of hydrogen-bond acceptors (Lipinski definition) is 3. The van der Waals surface area contributed by atoms with Crippen LogP contribution in [-0.4, -0.2) is 47.6 Å². The van der Waals surface area contributed by atoms with E-state index in [0.29, 0.717) is 6.54 Å². The van der Waals surface area contributed by atoms with E-state index < -0.39 is 11.5 Å². The molecule has 0 unspecified atom stereocenters. The van der Waals surface area contributed by atoms with E-state index in [-0.39, 0.29) is 18.9 Å². The standard InChI is InChI=1S/C14H24N2O3/c1-3-9-15-11-12(17)16(2)14(10-13(18)19)7-5-4-6-8-14/h3,15H,1,4-11H2,2H3,(H,18,19). The number of rotatable bonds is 7. The Balaban J connectivity index is 2.70. The first-order valence-corrected chi connectivity index (χ1v) is 6.82. The van der Waals surface area contributed by atoms with Crippen molar-refractivity contribution in [3.63, 3.8) is 0 Å². The Kier molecular flexibility index (Phi) is 6.02. The van der Waals surface area contributed by atoms with Crippen LogP contribution in [0.5, 0.6) is 0 Å². The number of carboxylic acid groups (broad SMARTS) is 1. The molecule has 1 aliphatic carbocycles. The molecule has 0 saturated heterocycles. The summed E-state index contributed by atoms with van der Waals surface area (Å²) in [5.74, 6) is -0.884. The molecule has 2 N–H and O–H groups in total. The molecule has 0 aromatic rings. The molecule has 19 heavy (non-hydrogen) atoms. The number of nitrogens with one attached hydrogen (secondary N) is 1. The van der Waals surface area contributed by atoms with Crippen LogP contribution in [0.25, 0.3) is 0 Å². The van der Waals surface area contributed by atoms with Crippen molar-refractivity contribution in [2.75, 3.05) is 20.1 Å². The fourth-order valence-electron chi connectivity index (χ4n) is 2.79. The maximum absolute atomic E-state index is 12.1. The van der Waals surface area contributed by atoms with Gasteiger partial charge in [0.25, 0.3) is 0 Å². The van der Waals surface area contributed by atoms with Crippen molar-refractivity contribution in [1.82, 2.24) is 10.2 Å². The van der Waals surface area contributed by atoms with Gasteiger partial charge in [0.05, 0.1) is 18.5 Å². The van der Waals surface area contributed by atoms with E-state index in [1.54, 1.807) is 18.0 Å². The molecule has 0 radical (unpaired) electrons. The van der Waals surface area contributed by atoms with E-state index in [0.717, 1.165) is 32.1 Å². The predicted octanol–water partition coefficient (Wildman–Crippen LogP) is 1.40.